The largest absolute Gasteiger partial charge is 0.323 e. The number of aromatic amines is 2. The first-order valence-corrected chi connectivity index (χ1v) is 9.54. The Morgan fingerprint density at radius 1 is 1.12 bits per heavy atom. The molecule has 124 valence electrons. The summed E-state index contributed by atoms with van der Waals surface area (Å²) in [5, 5.41) is 0. The van der Waals surface area contributed by atoms with E-state index >= 15 is 0 Å². The molecule has 0 bridgehead atoms. The lowest BCUT2D eigenvalue weighted by molar-refractivity contribution is 0.601. The minimum absolute atomic E-state index is 0.0776. The molecule has 0 saturated heterocycles. The second-order valence-electron chi connectivity index (χ2n) is 4.99. The Labute approximate surface area is 143 Å². The number of fused-ring (bicyclic) bond motifs is 1. The Hall–Kier alpha value is -2.45. The molecule has 0 atom stereocenters. The van der Waals surface area contributed by atoms with Gasteiger partial charge in [0.05, 0.1) is 21.6 Å². The maximum atomic E-state index is 12.6. The van der Waals surface area contributed by atoms with Crippen molar-refractivity contribution in [3.8, 4) is 0 Å². The predicted octanol–water partition coefficient (Wildman–Crippen LogP) is 2.94. The number of hydrogen-bond donors (Lipinski definition) is 3. The molecule has 0 unspecified atom stereocenters. The fraction of sp³-hybridized carbons (Fsp3) is 0.0625. The zero-order valence-corrected chi connectivity index (χ0v) is 14.2. The summed E-state index contributed by atoms with van der Waals surface area (Å²) < 4.78 is 27.9. The Bertz CT molecular complexity index is 1050. The van der Waals surface area contributed by atoms with Gasteiger partial charge in [0.25, 0.3) is 10.0 Å². The van der Waals surface area contributed by atoms with Crippen LogP contribution in [-0.4, -0.2) is 24.1 Å². The first-order valence-electron chi connectivity index (χ1n) is 7.07. The van der Waals surface area contributed by atoms with Gasteiger partial charge in [0.2, 0.25) is 0 Å². The van der Waals surface area contributed by atoms with Gasteiger partial charge in [0.1, 0.15) is 0 Å². The molecule has 1 heterocycles. The summed E-state index contributed by atoms with van der Waals surface area (Å²) in [4.78, 5) is 17.3. The monoisotopic (exact) mass is 361 g/mol. The van der Waals surface area contributed by atoms with Crippen molar-refractivity contribution in [1.29, 1.82) is 0 Å². The Kier molecular flexibility index (Phi) is 4.50. The summed E-state index contributed by atoms with van der Waals surface area (Å²) in [5.41, 5.74) is 1.13. The minimum atomic E-state index is -3.77. The standard InChI is InChI=1S/C16H15N3O3S2/c1-2-9-23-15-6-4-3-5-13(15)19-24(21,22)11-7-8-12-14(10-11)18-16(20)17-12/h2-8,10,19H,1,9H2,(H2,17,18,20). The molecule has 0 spiro atoms. The molecule has 3 rings (SSSR count). The maximum Gasteiger partial charge on any atom is 0.323 e. The number of H-pyrrole nitrogens is 2. The minimum Gasteiger partial charge on any atom is -0.306 e. The van der Waals surface area contributed by atoms with Crippen molar-refractivity contribution in [3.63, 3.8) is 0 Å². The van der Waals surface area contributed by atoms with Gasteiger partial charge in [-0.2, -0.15) is 0 Å². The third-order valence-corrected chi connectivity index (χ3v) is 5.72. The van der Waals surface area contributed by atoms with Crippen LogP contribution in [0.5, 0.6) is 0 Å². The second-order valence-corrected chi connectivity index (χ2v) is 7.73. The summed E-state index contributed by atoms with van der Waals surface area (Å²) in [6, 6.07) is 11.6. The van der Waals surface area contributed by atoms with E-state index in [-0.39, 0.29) is 10.6 Å². The van der Waals surface area contributed by atoms with Gasteiger partial charge in [-0.1, -0.05) is 18.2 Å². The highest BCUT2D eigenvalue weighted by molar-refractivity contribution is 7.99. The van der Waals surface area contributed by atoms with Crippen LogP contribution < -0.4 is 10.4 Å². The molecular formula is C16H15N3O3S2. The van der Waals surface area contributed by atoms with Crippen molar-refractivity contribution >= 4 is 38.5 Å². The molecule has 0 aliphatic carbocycles. The first-order chi connectivity index (χ1) is 11.5. The molecule has 0 aliphatic rings. The molecule has 0 fully saturated rings. The van der Waals surface area contributed by atoms with E-state index in [1.807, 2.05) is 12.1 Å². The van der Waals surface area contributed by atoms with Gasteiger partial charge in [0, 0.05) is 10.6 Å². The quantitative estimate of drug-likeness (QED) is 0.465. The van der Waals surface area contributed by atoms with Crippen LogP contribution in [0.4, 0.5) is 5.69 Å². The number of anilines is 1. The highest BCUT2D eigenvalue weighted by Crippen LogP contribution is 2.29. The Balaban J connectivity index is 1.95. The Morgan fingerprint density at radius 2 is 1.88 bits per heavy atom. The first kappa shape index (κ1) is 16.4. The van der Waals surface area contributed by atoms with Crippen LogP contribution in [-0.2, 0) is 10.0 Å². The van der Waals surface area contributed by atoms with Crippen molar-refractivity contribution in [3.05, 3.63) is 65.6 Å². The molecule has 0 amide bonds. The van der Waals surface area contributed by atoms with Gasteiger partial charge < -0.3 is 9.97 Å². The van der Waals surface area contributed by atoms with Crippen molar-refractivity contribution in [2.45, 2.75) is 9.79 Å². The molecule has 3 N–H and O–H groups in total. The predicted molar refractivity (Wildman–Crippen MR) is 97.1 cm³/mol. The highest BCUT2D eigenvalue weighted by Gasteiger charge is 2.17. The molecule has 2 aromatic carbocycles. The summed E-state index contributed by atoms with van der Waals surface area (Å²) >= 11 is 1.49. The lowest BCUT2D eigenvalue weighted by Gasteiger charge is -2.12. The average molecular weight is 361 g/mol. The number of sulfonamides is 1. The van der Waals surface area contributed by atoms with Crippen LogP contribution in [0.2, 0.25) is 0 Å². The van der Waals surface area contributed by atoms with E-state index in [0.29, 0.717) is 22.5 Å². The summed E-state index contributed by atoms with van der Waals surface area (Å²) in [5.74, 6) is 0.676. The van der Waals surface area contributed by atoms with Crippen molar-refractivity contribution < 1.29 is 8.42 Å². The van der Waals surface area contributed by atoms with Gasteiger partial charge in [-0.05, 0) is 30.3 Å². The molecule has 6 nitrogen and oxygen atoms in total. The van der Waals surface area contributed by atoms with Crippen LogP contribution in [0.3, 0.4) is 0 Å². The van der Waals surface area contributed by atoms with Gasteiger partial charge >= 0.3 is 5.69 Å². The summed E-state index contributed by atoms with van der Waals surface area (Å²) in [6.45, 7) is 3.67. The van der Waals surface area contributed by atoms with Crippen LogP contribution in [0.1, 0.15) is 0 Å². The number of para-hydroxylation sites is 1. The van der Waals surface area contributed by atoms with E-state index in [1.165, 1.54) is 23.9 Å². The number of benzene rings is 2. The number of hydrogen-bond acceptors (Lipinski definition) is 4. The molecule has 0 aliphatic heterocycles. The van der Waals surface area contributed by atoms with E-state index < -0.39 is 10.0 Å². The average Bonchev–Trinajstić information content (AvgIpc) is 2.93. The fourth-order valence-corrected chi connectivity index (χ4v) is 4.12. The van der Waals surface area contributed by atoms with Crippen LogP contribution in [0.25, 0.3) is 11.0 Å². The SMILES string of the molecule is C=CCSc1ccccc1NS(=O)(=O)c1ccc2[nH]c(=O)[nH]c2c1. The lowest BCUT2D eigenvalue weighted by Crippen LogP contribution is -2.13. The van der Waals surface area contributed by atoms with Crippen LogP contribution >= 0.6 is 11.8 Å². The van der Waals surface area contributed by atoms with Crippen LogP contribution in [0, 0.1) is 0 Å². The van der Waals surface area contributed by atoms with Crippen molar-refractivity contribution in [1.82, 2.24) is 9.97 Å². The zero-order chi connectivity index (χ0) is 17.2. The van der Waals surface area contributed by atoms with E-state index in [9.17, 15) is 13.2 Å². The van der Waals surface area contributed by atoms with Gasteiger partial charge in [-0.15, -0.1) is 18.3 Å². The topological polar surface area (TPSA) is 94.8 Å². The van der Waals surface area contributed by atoms with E-state index in [2.05, 4.69) is 21.3 Å². The van der Waals surface area contributed by atoms with Crippen molar-refractivity contribution in [2.24, 2.45) is 0 Å². The van der Waals surface area contributed by atoms with Crippen LogP contribution in [0.15, 0.2) is 69.7 Å². The highest BCUT2D eigenvalue weighted by atomic mass is 32.2. The molecule has 0 saturated carbocycles. The molecule has 1 aromatic heterocycles. The van der Waals surface area contributed by atoms with Gasteiger partial charge in [0.15, 0.2) is 0 Å². The third-order valence-electron chi connectivity index (χ3n) is 3.29. The number of nitrogens with one attached hydrogen (secondary N) is 3. The number of imidazole rings is 1. The summed E-state index contributed by atoms with van der Waals surface area (Å²) in [6.07, 6.45) is 1.76. The van der Waals surface area contributed by atoms with Gasteiger partial charge in [-0.3, -0.25) is 4.72 Å². The van der Waals surface area contributed by atoms with Crippen molar-refractivity contribution in [2.75, 3.05) is 10.5 Å². The Morgan fingerprint density at radius 3 is 2.67 bits per heavy atom. The molecule has 24 heavy (non-hydrogen) atoms. The molecule has 0 radical (unpaired) electrons. The number of rotatable bonds is 6. The lowest BCUT2D eigenvalue weighted by atomic mass is 10.3. The summed E-state index contributed by atoms with van der Waals surface area (Å²) in [7, 11) is -3.77. The molecule has 3 aromatic rings. The van der Waals surface area contributed by atoms with Gasteiger partial charge in [-0.25, -0.2) is 13.2 Å². The zero-order valence-electron chi connectivity index (χ0n) is 12.6. The van der Waals surface area contributed by atoms with E-state index in [4.69, 9.17) is 0 Å². The fourth-order valence-electron chi connectivity index (χ4n) is 2.21. The maximum absolute atomic E-state index is 12.6. The second kappa shape index (κ2) is 6.58. The third kappa shape index (κ3) is 3.39. The molecule has 8 heteroatoms. The number of aromatic nitrogens is 2. The van der Waals surface area contributed by atoms with E-state index in [0.717, 1.165) is 4.90 Å². The number of thioether (sulfide) groups is 1. The molecular weight excluding hydrogens is 346 g/mol. The smallest absolute Gasteiger partial charge is 0.306 e. The normalized spacial score (nSPS) is 11.5. The van der Waals surface area contributed by atoms with E-state index in [1.54, 1.807) is 24.3 Å².